The largest absolute Gasteiger partial charge is 0.457 e. The minimum absolute atomic E-state index is 0. The number of halogens is 1. The molecular formula is C24H33ClN2O5. The number of nitrogens with one attached hydrogen (secondary N) is 2. The molecule has 0 spiro atoms. The van der Waals surface area contributed by atoms with Crippen molar-refractivity contribution in [3.63, 3.8) is 0 Å². The first-order valence-electron chi connectivity index (χ1n) is 11.3. The molecule has 4 rings (SSSR count). The predicted molar refractivity (Wildman–Crippen MR) is 125 cm³/mol. The maximum Gasteiger partial charge on any atom is 0.374 e. The molecule has 1 amide bonds. The molecule has 2 aliphatic rings. The van der Waals surface area contributed by atoms with Crippen LogP contribution in [-0.4, -0.2) is 44.3 Å². The molecule has 2 aromatic rings. The minimum Gasteiger partial charge on any atom is -0.457 e. The van der Waals surface area contributed by atoms with Gasteiger partial charge >= 0.3 is 5.97 Å². The number of benzene rings is 1. The van der Waals surface area contributed by atoms with Crippen molar-refractivity contribution in [1.29, 1.82) is 0 Å². The maximum absolute atomic E-state index is 13.0. The lowest BCUT2D eigenvalue weighted by Crippen LogP contribution is -2.42. The van der Waals surface area contributed by atoms with Crippen LogP contribution in [0.3, 0.4) is 0 Å². The Kier molecular flexibility index (Phi) is 8.57. The van der Waals surface area contributed by atoms with Gasteiger partial charge in [-0.3, -0.25) is 4.79 Å². The van der Waals surface area contributed by atoms with Gasteiger partial charge in [0.2, 0.25) is 11.7 Å². The molecule has 1 saturated carbocycles. The molecule has 1 aromatic heterocycles. The van der Waals surface area contributed by atoms with E-state index in [1.54, 1.807) is 25.3 Å². The molecule has 2 fully saturated rings. The molecule has 1 aliphatic heterocycles. The van der Waals surface area contributed by atoms with Gasteiger partial charge in [-0.25, -0.2) is 4.79 Å². The smallest absolute Gasteiger partial charge is 0.374 e. The number of carbonyl (C=O) groups excluding carboxylic acids is 2. The molecule has 3 atom stereocenters. The Bertz CT molecular complexity index is 924. The van der Waals surface area contributed by atoms with Crippen LogP contribution in [0.25, 0.3) is 11.0 Å². The number of amides is 1. The number of ether oxygens (including phenoxy) is 2. The van der Waals surface area contributed by atoms with Crippen LogP contribution < -0.4 is 10.6 Å². The first-order valence-corrected chi connectivity index (χ1v) is 11.3. The first kappa shape index (κ1) is 24.6. The topological polar surface area (TPSA) is 89.8 Å². The van der Waals surface area contributed by atoms with E-state index in [1.165, 1.54) is 32.1 Å². The van der Waals surface area contributed by atoms with Gasteiger partial charge in [0, 0.05) is 18.2 Å². The number of hydrogen-bond acceptors (Lipinski definition) is 6. The van der Waals surface area contributed by atoms with Crippen LogP contribution >= 0.6 is 12.4 Å². The van der Waals surface area contributed by atoms with E-state index in [0.29, 0.717) is 23.1 Å². The Hall–Kier alpha value is -2.09. The van der Waals surface area contributed by atoms with Crippen LogP contribution in [-0.2, 0) is 14.3 Å². The number of methoxy groups -OCH3 is 1. The van der Waals surface area contributed by atoms with Crippen molar-refractivity contribution in [2.45, 2.75) is 57.6 Å². The summed E-state index contributed by atoms with van der Waals surface area (Å²) < 4.78 is 15.9. The third-order valence-electron chi connectivity index (χ3n) is 6.64. The molecule has 1 saturated heterocycles. The van der Waals surface area contributed by atoms with Crippen molar-refractivity contribution in [2.24, 2.45) is 11.8 Å². The highest BCUT2D eigenvalue weighted by molar-refractivity contribution is 5.98. The second kappa shape index (κ2) is 11.2. The molecule has 2 heterocycles. The van der Waals surface area contributed by atoms with Crippen molar-refractivity contribution >= 4 is 40.9 Å². The lowest BCUT2D eigenvalue weighted by Gasteiger charge is -2.30. The van der Waals surface area contributed by atoms with Gasteiger partial charge in [0.25, 0.3) is 0 Å². The average molecular weight is 465 g/mol. The van der Waals surface area contributed by atoms with Crippen LogP contribution in [0.5, 0.6) is 0 Å². The Morgan fingerprint density at radius 1 is 1.19 bits per heavy atom. The Balaban J connectivity index is 0.00000289. The second-order valence-electron chi connectivity index (χ2n) is 8.78. The number of carbonyl (C=O) groups is 2. The van der Waals surface area contributed by atoms with Gasteiger partial charge in [0.1, 0.15) is 12.2 Å². The zero-order valence-corrected chi connectivity index (χ0v) is 19.5. The average Bonchev–Trinajstić information content (AvgIpc) is 3.45. The number of rotatable bonds is 7. The van der Waals surface area contributed by atoms with Gasteiger partial charge in [-0.15, -0.1) is 12.4 Å². The van der Waals surface area contributed by atoms with Gasteiger partial charge < -0.3 is 24.5 Å². The fraction of sp³-hybridized carbons (Fsp3) is 0.583. The lowest BCUT2D eigenvalue weighted by atomic mass is 9.76. The highest BCUT2D eigenvalue weighted by Gasteiger charge is 2.38. The van der Waals surface area contributed by atoms with E-state index in [1.807, 2.05) is 13.0 Å². The molecule has 1 aliphatic carbocycles. The molecule has 0 radical (unpaired) electrons. The Morgan fingerprint density at radius 3 is 2.72 bits per heavy atom. The van der Waals surface area contributed by atoms with Crippen molar-refractivity contribution in [3.05, 3.63) is 30.0 Å². The van der Waals surface area contributed by atoms with Crippen LogP contribution in [0.4, 0.5) is 5.69 Å². The summed E-state index contributed by atoms with van der Waals surface area (Å²) in [6.07, 6.45) is 7.23. The zero-order chi connectivity index (χ0) is 21.8. The quantitative estimate of drug-likeness (QED) is 0.584. The summed E-state index contributed by atoms with van der Waals surface area (Å²) in [5.41, 5.74) is 1.27. The van der Waals surface area contributed by atoms with Crippen molar-refractivity contribution in [2.75, 3.05) is 25.6 Å². The third-order valence-corrected chi connectivity index (χ3v) is 6.64. The fourth-order valence-corrected chi connectivity index (χ4v) is 4.85. The number of esters is 1. The van der Waals surface area contributed by atoms with Gasteiger partial charge in [0.05, 0.1) is 12.1 Å². The van der Waals surface area contributed by atoms with Crippen molar-refractivity contribution in [1.82, 2.24) is 5.32 Å². The first-order chi connectivity index (χ1) is 15.0. The van der Waals surface area contributed by atoms with Gasteiger partial charge in [-0.05, 0) is 56.0 Å². The maximum atomic E-state index is 13.0. The lowest BCUT2D eigenvalue weighted by molar-refractivity contribution is -0.119. The summed E-state index contributed by atoms with van der Waals surface area (Å²) in [6, 6.07) is 6.90. The Labute approximate surface area is 195 Å². The molecule has 8 heteroatoms. The van der Waals surface area contributed by atoms with Gasteiger partial charge in [-0.1, -0.05) is 32.1 Å². The summed E-state index contributed by atoms with van der Waals surface area (Å²) in [5.74, 6) is 0.677. The van der Waals surface area contributed by atoms with E-state index in [4.69, 9.17) is 13.9 Å². The number of anilines is 1. The molecule has 1 aromatic carbocycles. The van der Waals surface area contributed by atoms with Crippen molar-refractivity contribution < 1.29 is 23.5 Å². The third kappa shape index (κ3) is 5.63. The normalized spacial score (nSPS) is 22.3. The summed E-state index contributed by atoms with van der Waals surface area (Å²) in [4.78, 5) is 25.2. The zero-order valence-electron chi connectivity index (χ0n) is 18.7. The highest BCUT2D eigenvalue weighted by Crippen LogP contribution is 2.36. The molecular weight excluding hydrogens is 432 g/mol. The number of furan rings is 1. The molecule has 7 nitrogen and oxygen atoms in total. The van der Waals surface area contributed by atoms with Crippen LogP contribution in [0.2, 0.25) is 0 Å². The molecule has 0 bridgehead atoms. The van der Waals surface area contributed by atoms with Crippen molar-refractivity contribution in [3.8, 4) is 0 Å². The van der Waals surface area contributed by atoms with E-state index in [9.17, 15) is 9.59 Å². The monoisotopic (exact) mass is 464 g/mol. The predicted octanol–water partition coefficient (Wildman–Crippen LogP) is 4.54. The minimum atomic E-state index is -0.531. The van der Waals surface area contributed by atoms with E-state index >= 15 is 0 Å². The van der Waals surface area contributed by atoms with E-state index in [0.717, 1.165) is 18.4 Å². The van der Waals surface area contributed by atoms with Crippen LogP contribution in [0.15, 0.2) is 28.7 Å². The number of fused-ring (bicyclic) bond motifs is 1. The second-order valence-corrected chi connectivity index (χ2v) is 8.78. The van der Waals surface area contributed by atoms with Crippen LogP contribution in [0, 0.1) is 11.8 Å². The van der Waals surface area contributed by atoms with E-state index in [-0.39, 0.29) is 42.8 Å². The highest BCUT2D eigenvalue weighted by atomic mass is 35.5. The summed E-state index contributed by atoms with van der Waals surface area (Å²) in [5, 5.41) is 7.20. The van der Waals surface area contributed by atoms with E-state index < -0.39 is 5.97 Å². The molecule has 2 N–H and O–H groups in total. The number of hydrogen-bond donors (Lipinski definition) is 2. The standard InChI is InChI=1S/C24H32N2O5.ClH/c1-15(29-2)14-30-24(28)21-13-17-12-18(8-9-20(17)31-21)26-23(27)22-19(10-11-25-22)16-6-4-3-5-7-16;/h8-9,12-13,15-16,19,22,25H,3-7,10-11,14H2,1-2H3,(H,26,27);1H/t15-,19-,22+;/m0./s1. The SMILES string of the molecule is CO[C@@H](C)COC(=O)c1cc2cc(NC(=O)[C@@H]3NCC[C@H]3C3CCCCC3)ccc2o1.Cl. The van der Waals surface area contributed by atoms with E-state index in [2.05, 4.69) is 10.6 Å². The van der Waals surface area contributed by atoms with Gasteiger partial charge in [-0.2, -0.15) is 0 Å². The van der Waals surface area contributed by atoms with Crippen LogP contribution in [0.1, 0.15) is 56.0 Å². The Morgan fingerprint density at radius 2 is 1.97 bits per heavy atom. The molecule has 176 valence electrons. The summed E-state index contributed by atoms with van der Waals surface area (Å²) >= 11 is 0. The molecule has 0 unspecified atom stereocenters. The summed E-state index contributed by atoms with van der Waals surface area (Å²) in [7, 11) is 1.56. The molecule has 32 heavy (non-hydrogen) atoms. The fourth-order valence-electron chi connectivity index (χ4n) is 4.85. The summed E-state index contributed by atoms with van der Waals surface area (Å²) in [6.45, 7) is 2.87. The van der Waals surface area contributed by atoms with Gasteiger partial charge in [0.15, 0.2) is 0 Å².